The number of nitrogens with zero attached hydrogens (tertiary/aromatic N) is 1. The van der Waals surface area contributed by atoms with Crippen LogP contribution in [0.5, 0.6) is 0 Å². The number of allylic oxidation sites excluding steroid dienone is 1. The summed E-state index contributed by atoms with van der Waals surface area (Å²) in [4.78, 5) is 3.92. The van der Waals surface area contributed by atoms with Crippen LogP contribution >= 0.6 is 11.6 Å². The van der Waals surface area contributed by atoms with Crippen molar-refractivity contribution in [1.29, 1.82) is 0 Å². The highest BCUT2D eigenvalue weighted by molar-refractivity contribution is 6.30. The van der Waals surface area contributed by atoms with E-state index in [-0.39, 0.29) is 0 Å². The monoisotopic (exact) mass is 153 g/mol. The van der Waals surface area contributed by atoms with Gasteiger partial charge in [-0.2, -0.15) is 0 Å². The largest absolute Gasteiger partial charge is 0.244 e. The fourth-order valence-electron chi connectivity index (χ4n) is 0.727. The number of rotatable bonds is 2. The van der Waals surface area contributed by atoms with E-state index >= 15 is 0 Å². The molecular weight excluding hydrogens is 146 g/mol. The quantitative estimate of drug-likeness (QED) is 0.470. The van der Waals surface area contributed by atoms with E-state index in [4.69, 9.17) is 11.6 Å². The first kappa shape index (κ1) is 7.29. The van der Waals surface area contributed by atoms with E-state index in [1.807, 2.05) is 18.2 Å². The van der Waals surface area contributed by atoms with Gasteiger partial charge in [0.05, 0.1) is 0 Å². The molecule has 1 aromatic heterocycles. The van der Waals surface area contributed by atoms with Crippen LogP contribution in [-0.4, -0.2) is 4.98 Å². The summed E-state index contributed by atoms with van der Waals surface area (Å²) < 4.78 is 0. The summed E-state index contributed by atoms with van der Waals surface area (Å²) in [6.07, 6.45) is 4.27. The van der Waals surface area contributed by atoms with Gasteiger partial charge in [-0.25, -0.2) is 4.98 Å². The second-order valence-corrected chi connectivity index (χ2v) is 2.30. The third-order valence-corrected chi connectivity index (χ3v) is 1.54. The number of aromatic nitrogens is 1. The van der Waals surface area contributed by atoms with Crippen LogP contribution in [0.1, 0.15) is 5.56 Å². The van der Waals surface area contributed by atoms with E-state index in [2.05, 4.69) is 11.6 Å². The third kappa shape index (κ3) is 1.58. The molecule has 0 spiro atoms. The Bertz CT molecular complexity index is 232. The molecule has 1 heterocycles. The molecule has 0 bridgehead atoms. The standard InChI is InChI=1S/C8H8ClN/c1-2-4-7-5-3-6-10-8(7)9/h2-3,5-6H,1,4H2. The smallest absolute Gasteiger partial charge is 0.132 e. The molecular formula is C8H8ClN. The Hall–Kier alpha value is -0.820. The zero-order valence-electron chi connectivity index (χ0n) is 5.55. The summed E-state index contributed by atoms with van der Waals surface area (Å²) >= 11 is 5.74. The van der Waals surface area contributed by atoms with Crippen LogP contribution in [0.2, 0.25) is 5.15 Å². The second-order valence-electron chi connectivity index (χ2n) is 1.95. The van der Waals surface area contributed by atoms with Gasteiger partial charge in [0.2, 0.25) is 0 Å². The number of halogens is 1. The number of hydrogen-bond acceptors (Lipinski definition) is 1. The fraction of sp³-hybridized carbons (Fsp3) is 0.125. The molecule has 52 valence electrons. The molecule has 0 saturated carbocycles. The molecule has 0 fully saturated rings. The van der Waals surface area contributed by atoms with E-state index in [1.165, 1.54) is 0 Å². The lowest BCUT2D eigenvalue weighted by Crippen LogP contribution is -1.83. The van der Waals surface area contributed by atoms with Crippen molar-refractivity contribution in [3.05, 3.63) is 41.7 Å². The Morgan fingerprint density at radius 2 is 2.50 bits per heavy atom. The maximum absolute atomic E-state index is 5.74. The normalized spacial score (nSPS) is 9.30. The third-order valence-electron chi connectivity index (χ3n) is 1.20. The highest BCUT2D eigenvalue weighted by Crippen LogP contribution is 2.11. The molecule has 2 heteroatoms. The van der Waals surface area contributed by atoms with Crippen LogP contribution in [0, 0.1) is 0 Å². The van der Waals surface area contributed by atoms with Crippen molar-refractivity contribution in [2.75, 3.05) is 0 Å². The Balaban J connectivity index is 2.91. The maximum Gasteiger partial charge on any atom is 0.132 e. The van der Waals surface area contributed by atoms with Crippen molar-refractivity contribution in [3.63, 3.8) is 0 Å². The minimum Gasteiger partial charge on any atom is -0.244 e. The lowest BCUT2D eigenvalue weighted by Gasteiger charge is -1.96. The van der Waals surface area contributed by atoms with Crippen molar-refractivity contribution < 1.29 is 0 Å². The highest BCUT2D eigenvalue weighted by Gasteiger charge is 1.94. The van der Waals surface area contributed by atoms with Gasteiger partial charge in [-0.05, 0) is 18.1 Å². The molecule has 1 nitrogen and oxygen atoms in total. The zero-order chi connectivity index (χ0) is 7.40. The molecule has 1 rings (SSSR count). The summed E-state index contributed by atoms with van der Waals surface area (Å²) in [5.41, 5.74) is 1.03. The van der Waals surface area contributed by atoms with Crippen LogP contribution in [0.25, 0.3) is 0 Å². The van der Waals surface area contributed by atoms with Crippen LogP contribution < -0.4 is 0 Å². The molecule has 0 N–H and O–H groups in total. The van der Waals surface area contributed by atoms with Gasteiger partial charge in [0.15, 0.2) is 0 Å². The van der Waals surface area contributed by atoms with Gasteiger partial charge in [-0.15, -0.1) is 6.58 Å². The minimum atomic E-state index is 0.572. The maximum atomic E-state index is 5.74. The molecule has 1 aromatic rings. The average Bonchev–Trinajstić information content (AvgIpc) is 1.94. The van der Waals surface area contributed by atoms with Crippen molar-refractivity contribution in [3.8, 4) is 0 Å². The summed E-state index contributed by atoms with van der Waals surface area (Å²) in [7, 11) is 0. The van der Waals surface area contributed by atoms with Crippen molar-refractivity contribution in [2.24, 2.45) is 0 Å². The van der Waals surface area contributed by atoms with Crippen LogP contribution in [0.4, 0.5) is 0 Å². The average molecular weight is 154 g/mol. The van der Waals surface area contributed by atoms with Gasteiger partial charge >= 0.3 is 0 Å². The fourth-order valence-corrected chi connectivity index (χ4v) is 0.924. The van der Waals surface area contributed by atoms with Crippen LogP contribution in [0.3, 0.4) is 0 Å². The van der Waals surface area contributed by atoms with Gasteiger partial charge in [0, 0.05) is 6.20 Å². The lowest BCUT2D eigenvalue weighted by atomic mass is 10.2. The van der Waals surface area contributed by atoms with Crippen LogP contribution in [0.15, 0.2) is 31.0 Å². The second kappa shape index (κ2) is 3.37. The van der Waals surface area contributed by atoms with E-state index in [9.17, 15) is 0 Å². The molecule has 0 atom stereocenters. The van der Waals surface area contributed by atoms with Gasteiger partial charge in [0.1, 0.15) is 5.15 Å². The predicted molar refractivity (Wildman–Crippen MR) is 43.1 cm³/mol. The molecule has 0 saturated heterocycles. The van der Waals surface area contributed by atoms with Gasteiger partial charge < -0.3 is 0 Å². The van der Waals surface area contributed by atoms with Crippen LogP contribution in [-0.2, 0) is 6.42 Å². The summed E-state index contributed by atoms with van der Waals surface area (Å²) in [6.45, 7) is 3.61. The molecule has 0 aliphatic rings. The molecule has 0 amide bonds. The Morgan fingerprint density at radius 1 is 1.70 bits per heavy atom. The van der Waals surface area contributed by atoms with Gasteiger partial charge in [-0.3, -0.25) is 0 Å². The lowest BCUT2D eigenvalue weighted by molar-refractivity contribution is 1.19. The number of pyridine rings is 1. The predicted octanol–water partition coefficient (Wildman–Crippen LogP) is 2.46. The van der Waals surface area contributed by atoms with Crippen molar-refractivity contribution in [2.45, 2.75) is 6.42 Å². The Morgan fingerprint density at radius 3 is 3.10 bits per heavy atom. The van der Waals surface area contributed by atoms with Crippen molar-refractivity contribution >= 4 is 11.6 Å². The van der Waals surface area contributed by atoms with Crippen molar-refractivity contribution in [1.82, 2.24) is 4.98 Å². The Kier molecular flexibility index (Phi) is 2.46. The Labute approximate surface area is 65.4 Å². The first-order chi connectivity index (χ1) is 4.84. The highest BCUT2D eigenvalue weighted by atomic mass is 35.5. The van der Waals surface area contributed by atoms with E-state index < -0.39 is 0 Å². The van der Waals surface area contributed by atoms with Gasteiger partial charge in [-0.1, -0.05) is 23.7 Å². The SMILES string of the molecule is C=CCc1cccnc1Cl. The summed E-state index contributed by atoms with van der Waals surface area (Å²) in [6, 6.07) is 3.81. The molecule has 0 aliphatic heterocycles. The molecule has 10 heavy (non-hydrogen) atoms. The molecule has 0 radical (unpaired) electrons. The van der Waals surface area contributed by atoms with E-state index in [0.717, 1.165) is 12.0 Å². The zero-order valence-corrected chi connectivity index (χ0v) is 6.30. The van der Waals surface area contributed by atoms with Gasteiger partial charge in [0.25, 0.3) is 0 Å². The minimum absolute atomic E-state index is 0.572. The summed E-state index contributed by atoms with van der Waals surface area (Å²) in [5, 5.41) is 0.572. The first-order valence-electron chi connectivity index (χ1n) is 3.05. The first-order valence-corrected chi connectivity index (χ1v) is 3.42. The van der Waals surface area contributed by atoms with E-state index in [1.54, 1.807) is 6.20 Å². The molecule has 0 aromatic carbocycles. The summed E-state index contributed by atoms with van der Waals surface area (Å²) in [5.74, 6) is 0. The molecule has 0 unspecified atom stereocenters. The topological polar surface area (TPSA) is 12.9 Å². The van der Waals surface area contributed by atoms with E-state index in [0.29, 0.717) is 5.15 Å². The molecule has 0 aliphatic carbocycles. The number of hydrogen-bond donors (Lipinski definition) is 0.